The van der Waals surface area contributed by atoms with Crippen LogP contribution in [0.25, 0.3) is 0 Å². The molecule has 13 heavy (non-hydrogen) atoms. The van der Waals surface area contributed by atoms with Crippen LogP contribution in [0.3, 0.4) is 0 Å². The van der Waals surface area contributed by atoms with Crippen LogP contribution in [0.15, 0.2) is 12.2 Å². The molecule has 0 spiro atoms. The van der Waals surface area contributed by atoms with Gasteiger partial charge in [-0.05, 0) is 19.3 Å². The van der Waals surface area contributed by atoms with Crippen LogP contribution < -0.4 is 0 Å². The lowest BCUT2D eigenvalue weighted by molar-refractivity contribution is -0.136. The van der Waals surface area contributed by atoms with Crippen molar-refractivity contribution >= 4 is 5.97 Å². The van der Waals surface area contributed by atoms with Crippen molar-refractivity contribution < 1.29 is 15.0 Å². The smallest absolute Gasteiger partial charge is 0.307 e. The summed E-state index contributed by atoms with van der Waals surface area (Å²) in [5, 5.41) is 18.2. The van der Waals surface area contributed by atoms with Gasteiger partial charge in [-0.1, -0.05) is 25.0 Å². The number of carboxylic acid groups (broad SMARTS) is 1. The van der Waals surface area contributed by atoms with Crippen molar-refractivity contribution in [3.8, 4) is 0 Å². The molecular formula is C10H16O3. The molecule has 3 heteroatoms. The molecule has 0 aromatic heterocycles. The Morgan fingerprint density at radius 2 is 1.92 bits per heavy atom. The van der Waals surface area contributed by atoms with E-state index in [9.17, 15) is 9.90 Å². The third-order valence-electron chi connectivity index (χ3n) is 2.49. The van der Waals surface area contributed by atoms with Crippen LogP contribution in [-0.2, 0) is 4.79 Å². The fourth-order valence-corrected chi connectivity index (χ4v) is 1.72. The van der Waals surface area contributed by atoms with E-state index in [0.29, 0.717) is 6.42 Å². The number of rotatable bonds is 4. The van der Waals surface area contributed by atoms with Crippen molar-refractivity contribution in [3.63, 3.8) is 0 Å². The molecule has 0 bridgehead atoms. The molecule has 0 heterocycles. The van der Waals surface area contributed by atoms with Crippen molar-refractivity contribution in [1.82, 2.24) is 0 Å². The number of hydrogen-bond donors (Lipinski definition) is 2. The molecule has 1 aliphatic rings. The van der Waals surface area contributed by atoms with Gasteiger partial charge in [0.15, 0.2) is 0 Å². The molecule has 1 aliphatic carbocycles. The van der Waals surface area contributed by atoms with Gasteiger partial charge >= 0.3 is 5.97 Å². The normalized spacial score (nSPS) is 21.0. The van der Waals surface area contributed by atoms with Crippen molar-refractivity contribution in [2.45, 2.75) is 44.1 Å². The molecule has 0 aliphatic heterocycles. The first-order valence-electron chi connectivity index (χ1n) is 4.72. The van der Waals surface area contributed by atoms with E-state index >= 15 is 0 Å². The molecule has 1 fully saturated rings. The summed E-state index contributed by atoms with van der Waals surface area (Å²) in [5.41, 5.74) is -0.547. The highest BCUT2D eigenvalue weighted by Gasteiger charge is 2.29. The topological polar surface area (TPSA) is 57.5 Å². The summed E-state index contributed by atoms with van der Waals surface area (Å²) in [6.07, 6.45) is 7.91. The standard InChI is InChI=1S/C10H16O3/c11-9(12)5-1-2-6-10(13)7-3-4-8-10/h1-2,13H,3-8H2,(H,11,12)/b2-1+. The Balaban J connectivity index is 2.24. The summed E-state index contributed by atoms with van der Waals surface area (Å²) in [7, 11) is 0. The fraction of sp³-hybridized carbons (Fsp3) is 0.700. The maximum atomic E-state index is 10.2. The molecule has 1 rings (SSSR count). The molecule has 0 unspecified atom stereocenters. The molecule has 0 amide bonds. The molecular weight excluding hydrogens is 168 g/mol. The predicted octanol–water partition coefficient (Wildman–Crippen LogP) is 1.71. The van der Waals surface area contributed by atoms with Crippen LogP contribution >= 0.6 is 0 Å². The lowest BCUT2D eigenvalue weighted by Crippen LogP contribution is -2.22. The second-order valence-corrected chi connectivity index (χ2v) is 3.70. The lowest BCUT2D eigenvalue weighted by atomic mass is 9.98. The van der Waals surface area contributed by atoms with Crippen LogP contribution in [0.2, 0.25) is 0 Å². The van der Waals surface area contributed by atoms with Crippen molar-refractivity contribution in [2.75, 3.05) is 0 Å². The molecule has 0 aromatic carbocycles. The molecule has 0 radical (unpaired) electrons. The summed E-state index contributed by atoms with van der Waals surface area (Å²) in [6, 6.07) is 0. The third-order valence-corrected chi connectivity index (χ3v) is 2.49. The average molecular weight is 184 g/mol. The summed E-state index contributed by atoms with van der Waals surface area (Å²) >= 11 is 0. The van der Waals surface area contributed by atoms with E-state index in [-0.39, 0.29) is 6.42 Å². The quantitative estimate of drug-likeness (QED) is 0.654. The monoisotopic (exact) mass is 184 g/mol. The van der Waals surface area contributed by atoms with Crippen LogP contribution in [0.4, 0.5) is 0 Å². The van der Waals surface area contributed by atoms with E-state index in [2.05, 4.69) is 0 Å². The Kier molecular flexibility index (Phi) is 3.48. The van der Waals surface area contributed by atoms with Crippen LogP contribution in [0.5, 0.6) is 0 Å². The van der Waals surface area contributed by atoms with Gasteiger partial charge in [0.25, 0.3) is 0 Å². The largest absolute Gasteiger partial charge is 0.481 e. The van der Waals surface area contributed by atoms with Crippen molar-refractivity contribution in [2.24, 2.45) is 0 Å². The third kappa shape index (κ3) is 3.59. The molecule has 0 aromatic rings. The highest BCUT2D eigenvalue weighted by atomic mass is 16.4. The zero-order chi connectivity index (χ0) is 9.73. The van der Waals surface area contributed by atoms with Gasteiger partial charge in [0.2, 0.25) is 0 Å². The van der Waals surface area contributed by atoms with Gasteiger partial charge in [0.1, 0.15) is 0 Å². The van der Waals surface area contributed by atoms with E-state index in [1.165, 1.54) is 0 Å². The zero-order valence-corrected chi connectivity index (χ0v) is 7.70. The van der Waals surface area contributed by atoms with E-state index < -0.39 is 11.6 Å². The van der Waals surface area contributed by atoms with Gasteiger partial charge in [-0.3, -0.25) is 4.79 Å². The SMILES string of the molecule is O=C(O)C/C=C/CC1(O)CCCC1. The molecule has 74 valence electrons. The van der Waals surface area contributed by atoms with E-state index in [4.69, 9.17) is 5.11 Å². The first-order chi connectivity index (χ1) is 6.12. The minimum absolute atomic E-state index is 0.0517. The summed E-state index contributed by atoms with van der Waals surface area (Å²) in [5.74, 6) is -0.824. The highest BCUT2D eigenvalue weighted by Crippen LogP contribution is 2.32. The summed E-state index contributed by atoms with van der Waals surface area (Å²) in [4.78, 5) is 10.2. The number of carboxylic acids is 1. The average Bonchev–Trinajstić information content (AvgIpc) is 2.47. The molecule has 2 N–H and O–H groups in total. The number of aliphatic carboxylic acids is 1. The van der Waals surface area contributed by atoms with Gasteiger partial charge in [-0.25, -0.2) is 0 Å². The summed E-state index contributed by atoms with van der Waals surface area (Å²) < 4.78 is 0. The molecule has 1 saturated carbocycles. The minimum Gasteiger partial charge on any atom is -0.481 e. The number of hydrogen-bond acceptors (Lipinski definition) is 2. The van der Waals surface area contributed by atoms with Crippen LogP contribution in [0.1, 0.15) is 38.5 Å². The second kappa shape index (κ2) is 4.42. The van der Waals surface area contributed by atoms with Gasteiger partial charge in [-0.2, -0.15) is 0 Å². The maximum absolute atomic E-state index is 10.2. The summed E-state index contributed by atoms with van der Waals surface area (Å²) in [6.45, 7) is 0. The van der Waals surface area contributed by atoms with E-state index in [1.807, 2.05) is 0 Å². The Hall–Kier alpha value is -0.830. The Morgan fingerprint density at radius 3 is 2.46 bits per heavy atom. The van der Waals surface area contributed by atoms with Gasteiger partial charge in [0.05, 0.1) is 12.0 Å². The first-order valence-corrected chi connectivity index (χ1v) is 4.72. The van der Waals surface area contributed by atoms with Gasteiger partial charge in [0, 0.05) is 0 Å². The highest BCUT2D eigenvalue weighted by molar-refractivity contribution is 5.68. The van der Waals surface area contributed by atoms with E-state index in [1.54, 1.807) is 12.2 Å². The zero-order valence-electron chi connectivity index (χ0n) is 7.70. The maximum Gasteiger partial charge on any atom is 0.307 e. The van der Waals surface area contributed by atoms with Gasteiger partial charge in [-0.15, -0.1) is 0 Å². The molecule has 3 nitrogen and oxygen atoms in total. The minimum atomic E-state index is -0.824. The van der Waals surface area contributed by atoms with Crippen LogP contribution in [-0.4, -0.2) is 21.8 Å². The number of carbonyl (C=O) groups is 1. The Labute approximate surface area is 78.1 Å². The van der Waals surface area contributed by atoms with E-state index in [0.717, 1.165) is 25.7 Å². The lowest BCUT2D eigenvalue weighted by Gasteiger charge is -2.19. The van der Waals surface area contributed by atoms with Crippen molar-refractivity contribution in [3.05, 3.63) is 12.2 Å². The van der Waals surface area contributed by atoms with Crippen LogP contribution in [0, 0.1) is 0 Å². The number of aliphatic hydroxyl groups is 1. The molecule has 0 saturated heterocycles. The molecule has 0 atom stereocenters. The van der Waals surface area contributed by atoms with Crippen molar-refractivity contribution in [1.29, 1.82) is 0 Å². The second-order valence-electron chi connectivity index (χ2n) is 3.70. The Morgan fingerprint density at radius 1 is 1.31 bits per heavy atom. The fourth-order valence-electron chi connectivity index (χ4n) is 1.72. The predicted molar refractivity (Wildman–Crippen MR) is 49.4 cm³/mol. The Bertz CT molecular complexity index is 202. The van der Waals surface area contributed by atoms with Gasteiger partial charge < -0.3 is 10.2 Å². The first kappa shape index (κ1) is 10.3.